The Morgan fingerprint density at radius 1 is 1.22 bits per heavy atom. The molecule has 1 N–H and O–H groups in total. The molecule has 0 saturated heterocycles. The van der Waals surface area contributed by atoms with E-state index in [1.165, 1.54) is 0 Å². The average molecular weight is 270 g/mol. The molecule has 1 aromatic carbocycles. The number of ether oxygens (including phenoxy) is 1. The van der Waals surface area contributed by atoms with Crippen LogP contribution in [0.1, 0.15) is 39.2 Å². The summed E-state index contributed by atoms with van der Waals surface area (Å²) in [5.74, 6) is 0. The molecule has 0 fully saturated rings. The Morgan fingerprint density at radius 3 is 2.67 bits per heavy atom. The lowest BCUT2D eigenvalue weighted by Crippen LogP contribution is -2.36. The first-order chi connectivity index (χ1) is 8.47. The van der Waals surface area contributed by atoms with Gasteiger partial charge in [-0.2, -0.15) is 0 Å². The quantitative estimate of drug-likeness (QED) is 0.755. The van der Waals surface area contributed by atoms with Crippen molar-refractivity contribution in [2.24, 2.45) is 0 Å². The summed E-state index contributed by atoms with van der Waals surface area (Å²) in [6.07, 6.45) is 2.23. The number of halogens is 1. The van der Waals surface area contributed by atoms with E-state index in [-0.39, 0.29) is 5.54 Å². The summed E-state index contributed by atoms with van der Waals surface area (Å²) in [6, 6.07) is 7.81. The van der Waals surface area contributed by atoms with Crippen molar-refractivity contribution in [1.82, 2.24) is 5.32 Å². The molecular formula is C15H24ClNO. The fraction of sp³-hybridized carbons (Fsp3) is 0.600. The van der Waals surface area contributed by atoms with Crippen LogP contribution >= 0.6 is 11.6 Å². The lowest BCUT2D eigenvalue weighted by atomic mass is 10.1. The molecule has 0 radical (unpaired) electrons. The van der Waals surface area contributed by atoms with E-state index in [0.29, 0.717) is 6.61 Å². The van der Waals surface area contributed by atoms with Gasteiger partial charge in [0.1, 0.15) is 0 Å². The van der Waals surface area contributed by atoms with Gasteiger partial charge in [0.15, 0.2) is 0 Å². The molecule has 1 aromatic rings. The van der Waals surface area contributed by atoms with Crippen LogP contribution in [0.4, 0.5) is 0 Å². The lowest BCUT2D eigenvalue weighted by molar-refractivity contribution is 0.117. The van der Waals surface area contributed by atoms with Gasteiger partial charge in [-0.1, -0.05) is 23.7 Å². The van der Waals surface area contributed by atoms with Crippen LogP contribution in [0, 0.1) is 0 Å². The third-order valence-electron chi connectivity index (χ3n) is 2.53. The largest absolute Gasteiger partial charge is 0.377 e. The molecule has 0 heterocycles. The van der Waals surface area contributed by atoms with E-state index in [0.717, 1.165) is 36.6 Å². The number of benzene rings is 1. The molecular weight excluding hydrogens is 246 g/mol. The molecule has 102 valence electrons. The Kier molecular flexibility index (Phi) is 6.69. The highest BCUT2D eigenvalue weighted by Gasteiger charge is 2.06. The van der Waals surface area contributed by atoms with Crippen LogP contribution in [-0.2, 0) is 11.3 Å². The Labute approximate surface area is 116 Å². The van der Waals surface area contributed by atoms with Gasteiger partial charge in [0.05, 0.1) is 6.61 Å². The van der Waals surface area contributed by atoms with Crippen LogP contribution in [0.25, 0.3) is 0 Å². The van der Waals surface area contributed by atoms with E-state index in [4.69, 9.17) is 16.3 Å². The Bertz CT molecular complexity index is 347. The van der Waals surface area contributed by atoms with Gasteiger partial charge < -0.3 is 10.1 Å². The van der Waals surface area contributed by atoms with E-state index in [1.807, 2.05) is 24.3 Å². The second kappa shape index (κ2) is 7.78. The molecule has 0 aliphatic rings. The van der Waals surface area contributed by atoms with Gasteiger partial charge in [0.25, 0.3) is 0 Å². The molecule has 1 rings (SSSR count). The van der Waals surface area contributed by atoms with E-state index >= 15 is 0 Å². The van der Waals surface area contributed by atoms with Gasteiger partial charge in [-0.3, -0.25) is 0 Å². The Balaban J connectivity index is 2.02. The van der Waals surface area contributed by atoms with Gasteiger partial charge in [-0.25, -0.2) is 0 Å². The summed E-state index contributed by atoms with van der Waals surface area (Å²) in [5, 5.41) is 4.23. The van der Waals surface area contributed by atoms with Crippen molar-refractivity contribution in [1.29, 1.82) is 0 Å². The highest BCUT2D eigenvalue weighted by atomic mass is 35.5. The number of hydrogen-bond acceptors (Lipinski definition) is 2. The minimum atomic E-state index is 0.210. The average Bonchev–Trinajstić information content (AvgIpc) is 2.26. The van der Waals surface area contributed by atoms with Crippen molar-refractivity contribution in [2.75, 3.05) is 13.2 Å². The SMILES string of the molecule is CC(C)(C)NCCCCOCc1cccc(Cl)c1. The van der Waals surface area contributed by atoms with E-state index in [1.54, 1.807) is 0 Å². The zero-order valence-corrected chi connectivity index (χ0v) is 12.4. The molecule has 0 aromatic heterocycles. The summed E-state index contributed by atoms with van der Waals surface area (Å²) in [6.45, 7) is 9.05. The monoisotopic (exact) mass is 269 g/mol. The maximum Gasteiger partial charge on any atom is 0.0717 e. The van der Waals surface area contributed by atoms with Gasteiger partial charge >= 0.3 is 0 Å². The molecule has 0 aliphatic carbocycles. The molecule has 0 spiro atoms. The minimum absolute atomic E-state index is 0.210. The van der Waals surface area contributed by atoms with E-state index < -0.39 is 0 Å². The molecule has 0 aliphatic heterocycles. The molecule has 3 heteroatoms. The van der Waals surface area contributed by atoms with Gasteiger partial charge in [-0.15, -0.1) is 0 Å². The number of rotatable bonds is 7. The van der Waals surface area contributed by atoms with Gasteiger partial charge in [0, 0.05) is 17.2 Å². The summed E-state index contributed by atoms with van der Waals surface area (Å²) in [7, 11) is 0. The van der Waals surface area contributed by atoms with Crippen molar-refractivity contribution in [3.05, 3.63) is 34.9 Å². The van der Waals surface area contributed by atoms with Crippen LogP contribution in [-0.4, -0.2) is 18.7 Å². The van der Waals surface area contributed by atoms with Crippen LogP contribution in [0.3, 0.4) is 0 Å². The highest BCUT2D eigenvalue weighted by Crippen LogP contribution is 2.11. The summed E-state index contributed by atoms with van der Waals surface area (Å²) >= 11 is 5.91. The zero-order valence-electron chi connectivity index (χ0n) is 11.6. The first-order valence-corrected chi connectivity index (χ1v) is 6.92. The highest BCUT2D eigenvalue weighted by molar-refractivity contribution is 6.30. The van der Waals surface area contributed by atoms with Crippen molar-refractivity contribution in [2.45, 2.75) is 45.8 Å². The lowest BCUT2D eigenvalue weighted by Gasteiger charge is -2.20. The summed E-state index contributed by atoms with van der Waals surface area (Å²) in [5.41, 5.74) is 1.34. The molecule has 2 nitrogen and oxygen atoms in total. The second-order valence-electron chi connectivity index (χ2n) is 5.57. The van der Waals surface area contributed by atoms with E-state index in [9.17, 15) is 0 Å². The normalized spacial score (nSPS) is 11.8. The predicted molar refractivity (Wildman–Crippen MR) is 78.1 cm³/mol. The predicted octanol–water partition coefficient (Wildman–Crippen LogP) is 4.02. The molecule has 0 bridgehead atoms. The zero-order chi connectivity index (χ0) is 13.4. The summed E-state index contributed by atoms with van der Waals surface area (Å²) in [4.78, 5) is 0. The van der Waals surface area contributed by atoms with Crippen LogP contribution in [0.15, 0.2) is 24.3 Å². The van der Waals surface area contributed by atoms with Crippen molar-refractivity contribution in [3.63, 3.8) is 0 Å². The fourth-order valence-corrected chi connectivity index (χ4v) is 1.82. The number of hydrogen-bond donors (Lipinski definition) is 1. The first kappa shape index (κ1) is 15.5. The van der Waals surface area contributed by atoms with Gasteiger partial charge in [-0.05, 0) is 57.9 Å². The first-order valence-electron chi connectivity index (χ1n) is 6.54. The van der Waals surface area contributed by atoms with E-state index in [2.05, 4.69) is 26.1 Å². The topological polar surface area (TPSA) is 21.3 Å². The van der Waals surface area contributed by atoms with Crippen LogP contribution < -0.4 is 5.32 Å². The van der Waals surface area contributed by atoms with Crippen LogP contribution in [0.5, 0.6) is 0 Å². The van der Waals surface area contributed by atoms with Crippen molar-refractivity contribution < 1.29 is 4.74 Å². The third kappa shape index (κ3) is 7.70. The Hall–Kier alpha value is -0.570. The molecule has 18 heavy (non-hydrogen) atoms. The molecule has 0 saturated carbocycles. The standard InChI is InChI=1S/C15H24ClNO/c1-15(2,3)17-9-4-5-10-18-12-13-7-6-8-14(16)11-13/h6-8,11,17H,4-5,9-10,12H2,1-3H3. The van der Waals surface area contributed by atoms with Crippen LogP contribution in [0.2, 0.25) is 5.02 Å². The minimum Gasteiger partial charge on any atom is -0.377 e. The smallest absolute Gasteiger partial charge is 0.0717 e. The molecule has 0 unspecified atom stereocenters. The third-order valence-corrected chi connectivity index (χ3v) is 2.76. The van der Waals surface area contributed by atoms with Gasteiger partial charge in [0.2, 0.25) is 0 Å². The van der Waals surface area contributed by atoms with Crippen molar-refractivity contribution >= 4 is 11.6 Å². The number of nitrogens with one attached hydrogen (secondary N) is 1. The second-order valence-corrected chi connectivity index (χ2v) is 6.00. The fourth-order valence-electron chi connectivity index (χ4n) is 1.61. The Morgan fingerprint density at radius 2 is 2.00 bits per heavy atom. The van der Waals surface area contributed by atoms with Crippen molar-refractivity contribution in [3.8, 4) is 0 Å². The summed E-state index contributed by atoms with van der Waals surface area (Å²) < 4.78 is 5.62. The number of unbranched alkanes of at least 4 members (excludes halogenated alkanes) is 1. The molecule has 0 atom stereocenters. The molecule has 0 amide bonds. The maximum absolute atomic E-state index is 5.91. The maximum atomic E-state index is 5.91.